The Morgan fingerprint density at radius 2 is 2.24 bits per heavy atom. The van der Waals surface area contributed by atoms with Crippen LogP contribution in [0.2, 0.25) is 0 Å². The molecule has 17 heavy (non-hydrogen) atoms. The molecule has 4 atom stereocenters. The Bertz CT molecular complexity index is 283. The highest BCUT2D eigenvalue weighted by Gasteiger charge is 2.44. The molecule has 0 aromatic rings. The van der Waals surface area contributed by atoms with Crippen molar-refractivity contribution >= 4 is 5.91 Å². The van der Waals surface area contributed by atoms with Gasteiger partial charge in [-0.2, -0.15) is 0 Å². The Morgan fingerprint density at radius 1 is 1.47 bits per heavy atom. The van der Waals surface area contributed by atoms with Gasteiger partial charge in [0.15, 0.2) is 0 Å². The Hall–Kier alpha value is -0.610. The molecular formula is C13H24N2O2. The number of methoxy groups -OCH3 is 1. The summed E-state index contributed by atoms with van der Waals surface area (Å²) in [6.07, 6.45) is 5.68. The molecule has 0 bridgehead atoms. The first-order valence-corrected chi connectivity index (χ1v) is 6.80. The third-order valence-corrected chi connectivity index (χ3v) is 4.07. The van der Waals surface area contributed by atoms with E-state index in [0.29, 0.717) is 0 Å². The predicted octanol–water partition coefficient (Wildman–Crippen LogP) is 1.50. The summed E-state index contributed by atoms with van der Waals surface area (Å²) in [5.41, 5.74) is 0. The number of carbonyl (C=O) groups excluding carboxylic acids is 1. The smallest absolute Gasteiger partial charge is 0.241 e. The lowest BCUT2D eigenvalue weighted by molar-refractivity contribution is -0.134. The van der Waals surface area contributed by atoms with Gasteiger partial charge in [-0.1, -0.05) is 13.3 Å². The highest BCUT2D eigenvalue weighted by molar-refractivity contribution is 5.84. The summed E-state index contributed by atoms with van der Waals surface area (Å²) in [6.45, 7) is 4.20. The van der Waals surface area contributed by atoms with Gasteiger partial charge in [0.05, 0.1) is 24.4 Å². The van der Waals surface area contributed by atoms with E-state index in [1.54, 1.807) is 7.11 Å². The van der Waals surface area contributed by atoms with Crippen molar-refractivity contribution in [1.82, 2.24) is 10.2 Å². The van der Waals surface area contributed by atoms with Crippen molar-refractivity contribution < 1.29 is 9.53 Å². The summed E-state index contributed by atoms with van der Waals surface area (Å²) in [4.78, 5) is 14.4. The summed E-state index contributed by atoms with van der Waals surface area (Å²) in [5, 5.41) is 3.40. The topological polar surface area (TPSA) is 41.6 Å². The maximum atomic E-state index is 12.4. The van der Waals surface area contributed by atoms with Gasteiger partial charge in [-0.25, -0.2) is 0 Å². The number of nitrogens with one attached hydrogen (secondary N) is 1. The minimum atomic E-state index is 0.0214. The first kappa shape index (κ1) is 12.8. The third-order valence-electron chi connectivity index (χ3n) is 4.07. The zero-order valence-electron chi connectivity index (χ0n) is 11.1. The average Bonchev–Trinajstić information content (AvgIpc) is 2.85. The second-order valence-electron chi connectivity index (χ2n) is 5.20. The number of nitrogens with zero attached hydrogens (tertiary/aromatic N) is 1. The Kier molecular flexibility index (Phi) is 4.05. The fourth-order valence-electron chi connectivity index (χ4n) is 3.26. The van der Waals surface area contributed by atoms with Crippen LogP contribution in [0.3, 0.4) is 0 Å². The number of amides is 1. The third kappa shape index (κ3) is 2.33. The second-order valence-corrected chi connectivity index (χ2v) is 5.20. The molecule has 1 aliphatic heterocycles. The lowest BCUT2D eigenvalue weighted by Gasteiger charge is -2.31. The number of hydrogen-bond donors (Lipinski definition) is 1. The maximum Gasteiger partial charge on any atom is 0.241 e. The van der Waals surface area contributed by atoms with E-state index < -0.39 is 0 Å². The van der Waals surface area contributed by atoms with E-state index >= 15 is 0 Å². The average molecular weight is 240 g/mol. The first-order chi connectivity index (χ1) is 8.19. The number of hydrogen-bond acceptors (Lipinski definition) is 3. The minimum absolute atomic E-state index is 0.0214. The molecule has 1 amide bonds. The van der Waals surface area contributed by atoms with Gasteiger partial charge in [0.25, 0.3) is 0 Å². The van der Waals surface area contributed by atoms with Crippen molar-refractivity contribution in [2.24, 2.45) is 0 Å². The van der Waals surface area contributed by atoms with Gasteiger partial charge < -0.3 is 9.64 Å². The molecule has 2 rings (SSSR count). The van der Waals surface area contributed by atoms with E-state index in [0.717, 1.165) is 32.1 Å². The monoisotopic (exact) mass is 240 g/mol. The van der Waals surface area contributed by atoms with E-state index in [2.05, 4.69) is 19.2 Å². The van der Waals surface area contributed by atoms with E-state index in [1.165, 1.54) is 0 Å². The molecule has 1 heterocycles. The van der Waals surface area contributed by atoms with Crippen LogP contribution in [0.4, 0.5) is 0 Å². The van der Waals surface area contributed by atoms with Crippen molar-refractivity contribution in [3.05, 3.63) is 0 Å². The Labute approximate surface area is 104 Å². The second kappa shape index (κ2) is 5.36. The molecule has 2 fully saturated rings. The standard InChI is InChI=1S/C13H24N2O2/c1-4-6-10-13(16)15(9(2)14-10)11-7-5-8-12(11)17-3/h9-12,14H,4-8H2,1-3H3. The minimum Gasteiger partial charge on any atom is -0.379 e. The quantitative estimate of drug-likeness (QED) is 0.809. The van der Waals surface area contributed by atoms with Crippen molar-refractivity contribution in [3.63, 3.8) is 0 Å². The summed E-state index contributed by atoms with van der Waals surface area (Å²) in [5.74, 6) is 0.272. The van der Waals surface area contributed by atoms with Crippen molar-refractivity contribution in [1.29, 1.82) is 0 Å². The zero-order valence-corrected chi connectivity index (χ0v) is 11.1. The summed E-state index contributed by atoms with van der Waals surface area (Å²) in [7, 11) is 1.76. The van der Waals surface area contributed by atoms with Crippen LogP contribution < -0.4 is 5.32 Å². The molecule has 2 aliphatic rings. The van der Waals surface area contributed by atoms with Crippen LogP contribution in [0.5, 0.6) is 0 Å². The Morgan fingerprint density at radius 3 is 2.88 bits per heavy atom. The van der Waals surface area contributed by atoms with Crippen LogP contribution in [0.1, 0.15) is 46.0 Å². The van der Waals surface area contributed by atoms with Gasteiger partial charge in [-0.05, 0) is 32.6 Å². The van der Waals surface area contributed by atoms with Gasteiger partial charge in [-0.15, -0.1) is 0 Å². The summed E-state index contributed by atoms with van der Waals surface area (Å²) < 4.78 is 5.51. The summed E-state index contributed by atoms with van der Waals surface area (Å²) in [6, 6.07) is 0.296. The zero-order chi connectivity index (χ0) is 12.4. The van der Waals surface area contributed by atoms with Crippen LogP contribution in [-0.2, 0) is 9.53 Å². The van der Waals surface area contributed by atoms with Crippen molar-refractivity contribution in [2.45, 2.75) is 70.3 Å². The summed E-state index contributed by atoms with van der Waals surface area (Å²) >= 11 is 0. The SMILES string of the molecule is CCCC1NC(C)N(C2CCCC2OC)C1=O. The van der Waals surface area contributed by atoms with Gasteiger partial charge in [0.1, 0.15) is 0 Å². The fraction of sp³-hybridized carbons (Fsp3) is 0.923. The number of ether oxygens (including phenoxy) is 1. The molecule has 98 valence electrons. The molecule has 0 aromatic carbocycles. The first-order valence-electron chi connectivity index (χ1n) is 6.80. The molecule has 0 spiro atoms. The van der Waals surface area contributed by atoms with E-state index in [9.17, 15) is 4.79 Å². The van der Waals surface area contributed by atoms with Crippen LogP contribution in [0, 0.1) is 0 Å². The van der Waals surface area contributed by atoms with Gasteiger partial charge >= 0.3 is 0 Å². The van der Waals surface area contributed by atoms with E-state index in [1.807, 2.05) is 4.90 Å². The molecule has 0 radical (unpaired) electrons. The number of carbonyl (C=O) groups is 1. The molecule has 1 saturated carbocycles. The lowest BCUT2D eigenvalue weighted by atomic mass is 10.1. The molecular weight excluding hydrogens is 216 g/mol. The predicted molar refractivity (Wildman–Crippen MR) is 66.6 cm³/mol. The Balaban J connectivity index is 2.07. The largest absolute Gasteiger partial charge is 0.379 e. The van der Waals surface area contributed by atoms with Crippen molar-refractivity contribution in [2.75, 3.05) is 7.11 Å². The van der Waals surface area contributed by atoms with Crippen LogP contribution in [0.15, 0.2) is 0 Å². The highest BCUT2D eigenvalue weighted by atomic mass is 16.5. The molecule has 4 nitrogen and oxygen atoms in total. The maximum absolute atomic E-state index is 12.4. The molecule has 1 N–H and O–H groups in total. The van der Waals surface area contributed by atoms with Crippen LogP contribution in [-0.4, -0.2) is 42.3 Å². The normalized spacial score (nSPS) is 38.1. The van der Waals surface area contributed by atoms with Crippen LogP contribution >= 0.6 is 0 Å². The van der Waals surface area contributed by atoms with E-state index in [4.69, 9.17) is 4.74 Å². The molecule has 1 aliphatic carbocycles. The van der Waals surface area contributed by atoms with Crippen LogP contribution in [0.25, 0.3) is 0 Å². The van der Waals surface area contributed by atoms with Crippen molar-refractivity contribution in [3.8, 4) is 0 Å². The fourth-order valence-corrected chi connectivity index (χ4v) is 3.26. The van der Waals surface area contributed by atoms with Gasteiger partial charge in [0.2, 0.25) is 5.91 Å². The molecule has 4 heteroatoms. The van der Waals surface area contributed by atoms with Gasteiger partial charge in [-0.3, -0.25) is 10.1 Å². The van der Waals surface area contributed by atoms with Gasteiger partial charge in [0, 0.05) is 7.11 Å². The molecule has 0 aromatic heterocycles. The lowest BCUT2D eigenvalue weighted by Crippen LogP contribution is -2.47. The highest BCUT2D eigenvalue weighted by Crippen LogP contribution is 2.30. The number of rotatable bonds is 4. The van der Waals surface area contributed by atoms with E-state index in [-0.39, 0.29) is 30.3 Å². The molecule has 4 unspecified atom stereocenters. The molecule has 1 saturated heterocycles.